The Morgan fingerprint density at radius 2 is 1.97 bits per heavy atom. The summed E-state index contributed by atoms with van der Waals surface area (Å²) in [5, 5.41) is 2.75. The third-order valence-electron chi connectivity index (χ3n) is 5.04. The highest BCUT2D eigenvalue weighted by Gasteiger charge is 2.25. The number of amides is 2. The average Bonchev–Trinajstić information content (AvgIpc) is 2.79. The molecular formula is C23H22N4O3. The zero-order valence-corrected chi connectivity index (χ0v) is 16.7. The van der Waals surface area contributed by atoms with Gasteiger partial charge < -0.3 is 15.0 Å². The van der Waals surface area contributed by atoms with E-state index in [1.165, 1.54) is 0 Å². The van der Waals surface area contributed by atoms with Crippen molar-refractivity contribution in [2.75, 3.05) is 23.9 Å². The first-order valence-electron chi connectivity index (χ1n) is 9.79. The maximum atomic E-state index is 13.1. The van der Waals surface area contributed by atoms with Crippen LogP contribution in [0.25, 0.3) is 0 Å². The average molecular weight is 402 g/mol. The molecule has 0 saturated carbocycles. The molecule has 2 amide bonds. The first kappa shape index (κ1) is 19.6. The Morgan fingerprint density at radius 1 is 1.13 bits per heavy atom. The standard InChI is InChI=1S/C23H22N4O3/c1-30-20-9-3-2-7-16(20)14-22(28)27-12-6-8-18-19(27)13-17(15-25-18)23(29)26-21-10-4-5-11-24-21/h2-5,7,9-11,13,15H,6,8,12,14H2,1H3,(H,24,26,29). The summed E-state index contributed by atoms with van der Waals surface area (Å²) < 4.78 is 5.37. The monoisotopic (exact) mass is 402 g/mol. The first-order valence-corrected chi connectivity index (χ1v) is 9.79. The summed E-state index contributed by atoms with van der Waals surface area (Å²) in [4.78, 5) is 36.0. The SMILES string of the molecule is COc1ccccc1CC(=O)N1CCCc2ncc(C(=O)Nc3ccccn3)cc21. The molecule has 30 heavy (non-hydrogen) atoms. The molecule has 3 aromatic rings. The quantitative estimate of drug-likeness (QED) is 0.708. The molecule has 0 fully saturated rings. The molecule has 152 valence electrons. The number of methoxy groups -OCH3 is 1. The predicted molar refractivity (Wildman–Crippen MR) is 114 cm³/mol. The van der Waals surface area contributed by atoms with E-state index in [0.29, 0.717) is 29.4 Å². The van der Waals surface area contributed by atoms with E-state index >= 15 is 0 Å². The Bertz CT molecular complexity index is 1070. The number of hydrogen-bond donors (Lipinski definition) is 1. The first-order chi connectivity index (χ1) is 14.7. The predicted octanol–water partition coefficient (Wildman–Crippen LogP) is 3.26. The fraction of sp³-hybridized carbons (Fsp3) is 0.217. The highest BCUT2D eigenvalue weighted by atomic mass is 16.5. The van der Waals surface area contributed by atoms with Crippen LogP contribution in [0.2, 0.25) is 0 Å². The molecule has 1 aliphatic heterocycles. The Morgan fingerprint density at radius 3 is 2.77 bits per heavy atom. The summed E-state index contributed by atoms with van der Waals surface area (Å²) in [6, 6.07) is 14.5. The summed E-state index contributed by atoms with van der Waals surface area (Å²) in [6.07, 6.45) is 4.98. The highest BCUT2D eigenvalue weighted by molar-refractivity contribution is 6.05. The normalized spacial score (nSPS) is 12.8. The number of carbonyl (C=O) groups excluding carboxylic acids is 2. The van der Waals surface area contributed by atoms with E-state index in [2.05, 4.69) is 15.3 Å². The lowest BCUT2D eigenvalue weighted by Gasteiger charge is -2.29. The van der Waals surface area contributed by atoms with Gasteiger partial charge in [-0.3, -0.25) is 14.6 Å². The van der Waals surface area contributed by atoms with Gasteiger partial charge in [-0.1, -0.05) is 24.3 Å². The summed E-state index contributed by atoms with van der Waals surface area (Å²) in [5.41, 5.74) is 2.73. The second kappa shape index (κ2) is 8.73. The molecular weight excluding hydrogens is 380 g/mol. The van der Waals surface area contributed by atoms with Crippen LogP contribution in [-0.4, -0.2) is 35.4 Å². The molecule has 3 heterocycles. The fourth-order valence-corrected chi connectivity index (χ4v) is 3.55. The van der Waals surface area contributed by atoms with Gasteiger partial charge in [-0.05, 0) is 37.1 Å². The number of para-hydroxylation sites is 1. The molecule has 1 N–H and O–H groups in total. The number of fused-ring (bicyclic) bond motifs is 1. The van der Waals surface area contributed by atoms with Crippen LogP contribution < -0.4 is 15.0 Å². The molecule has 1 aliphatic rings. The third kappa shape index (κ3) is 4.15. The van der Waals surface area contributed by atoms with Crippen molar-refractivity contribution in [2.24, 2.45) is 0 Å². The molecule has 2 aromatic heterocycles. The van der Waals surface area contributed by atoms with Gasteiger partial charge >= 0.3 is 0 Å². The van der Waals surface area contributed by atoms with Gasteiger partial charge in [-0.15, -0.1) is 0 Å². The Kier molecular flexibility index (Phi) is 5.70. The van der Waals surface area contributed by atoms with Gasteiger partial charge in [0.05, 0.1) is 30.5 Å². The molecule has 0 atom stereocenters. The Balaban J connectivity index is 1.57. The topological polar surface area (TPSA) is 84.4 Å². The van der Waals surface area contributed by atoms with Gasteiger partial charge in [0.1, 0.15) is 11.6 Å². The van der Waals surface area contributed by atoms with E-state index in [1.807, 2.05) is 24.3 Å². The number of benzene rings is 1. The molecule has 0 unspecified atom stereocenters. The van der Waals surface area contributed by atoms with Crippen LogP contribution in [0.3, 0.4) is 0 Å². The van der Waals surface area contributed by atoms with Gasteiger partial charge in [0, 0.05) is 24.5 Å². The lowest BCUT2D eigenvalue weighted by molar-refractivity contribution is -0.118. The van der Waals surface area contributed by atoms with Crippen molar-refractivity contribution in [3.8, 4) is 5.75 Å². The van der Waals surface area contributed by atoms with Gasteiger partial charge in [0.2, 0.25) is 5.91 Å². The van der Waals surface area contributed by atoms with E-state index in [4.69, 9.17) is 4.74 Å². The number of carbonyl (C=O) groups is 2. The number of ether oxygens (including phenoxy) is 1. The third-order valence-corrected chi connectivity index (χ3v) is 5.04. The van der Waals surface area contributed by atoms with Crippen molar-refractivity contribution < 1.29 is 14.3 Å². The van der Waals surface area contributed by atoms with Crippen LogP contribution >= 0.6 is 0 Å². The minimum atomic E-state index is -0.313. The molecule has 7 nitrogen and oxygen atoms in total. The summed E-state index contributed by atoms with van der Waals surface area (Å²) in [7, 11) is 1.59. The van der Waals surface area contributed by atoms with Crippen molar-refractivity contribution in [1.29, 1.82) is 0 Å². The Hall–Kier alpha value is -3.74. The molecule has 0 spiro atoms. The zero-order valence-electron chi connectivity index (χ0n) is 16.7. The number of hydrogen-bond acceptors (Lipinski definition) is 5. The number of aryl methyl sites for hydroxylation is 1. The van der Waals surface area contributed by atoms with Crippen LogP contribution in [-0.2, 0) is 17.6 Å². The summed E-state index contributed by atoms with van der Waals surface area (Å²) in [6.45, 7) is 0.591. The minimum absolute atomic E-state index is 0.0514. The lowest BCUT2D eigenvalue weighted by atomic mass is 10.0. The molecule has 0 saturated heterocycles. The maximum Gasteiger partial charge on any atom is 0.258 e. The number of rotatable bonds is 5. The molecule has 0 radical (unpaired) electrons. The van der Waals surface area contributed by atoms with E-state index in [9.17, 15) is 9.59 Å². The maximum absolute atomic E-state index is 13.1. The van der Waals surface area contributed by atoms with Gasteiger partial charge in [-0.2, -0.15) is 0 Å². The van der Waals surface area contributed by atoms with Crippen molar-refractivity contribution >= 4 is 23.3 Å². The number of nitrogens with zero attached hydrogens (tertiary/aromatic N) is 3. The Labute approximate surface area is 174 Å². The minimum Gasteiger partial charge on any atom is -0.496 e. The number of pyridine rings is 2. The largest absolute Gasteiger partial charge is 0.496 e. The van der Waals surface area contributed by atoms with E-state index in [1.54, 1.807) is 48.7 Å². The number of aromatic nitrogens is 2. The van der Waals surface area contributed by atoms with Crippen LogP contribution in [0.1, 0.15) is 28.0 Å². The summed E-state index contributed by atoms with van der Waals surface area (Å²) >= 11 is 0. The summed E-state index contributed by atoms with van der Waals surface area (Å²) in [5.74, 6) is 0.783. The zero-order chi connectivity index (χ0) is 20.9. The lowest BCUT2D eigenvalue weighted by Crippen LogP contribution is -2.37. The molecule has 1 aromatic carbocycles. The van der Waals surface area contributed by atoms with Gasteiger partial charge in [0.15, 0.2) is 0 Å². The van der Waals surface area contributed by atoms with Crippen LogP contribution in [0.15, 0.2) is 60.9 Å². The van der Waals surface area contributed by atoms with Crippen LogP contribution in [0.4, 0.5) is 11.5 Å². The van der Waals surface area contributed by atoms with Crippen molar-refractivity contribution in [3.05, 3.63) is 77.7 Å². The molecule has 7 heteroatoms. The highest BCUT2D eigenvalue weighted by Crippen LogP contribution is 2.28. The van der Waals surface area contributed by atoms with Gasteiger partial charge in [-0.25, -0.2) is 4.98 Å². The molecule has 0 bridgehead atoms. The van der Waals surface area contributed by atoms with Crippen molar-refractivity contribution in [2.45, 2.75) is 19.3 Å². The van der Waals surface area contributed by atoms with E-state index in [-0.39, 0.29) is 18.2 Å². The number of anilines is 2. The van der Waals surface area contributed by atoms with E-state index in [0.717, 1.165) is 24.1 Å². The van der Waals surface area contributed by atoms with Crippen LogP contribution in [0, 0.1) is 0 Å². The molecule has 0 aliphatic carbocycles. The smallest absolute Gasteiger partial charge is 0.258 e. The van der Waals surface area contributed by atoms with Crippen molar-refractivity contribution in [1.82, 2.24) is 9.97 Å². The van der Waals surface area contributed by atoms with Crippen LogP contribution in [0.5, 0.6) is 5.75 Å². The second-order valence-electron chi connectivity index (χ2n) is 7.00. The number of nitrogens with one attached hydrogen (secondary N) is 1. The van der Waals surface area contributed by atoms with Gasteiger partial charge in [0.25, 0.3) is 5.91 Å². The van der Waals surface area contributed by atoms with E-state index < -0.39 is 0 Å². The van der Waals surface area contributed by atoms with Crippen molar-refractivity contribution in [3.63, 3.8) is 0 Å². The second-order valence-corrected chi connectivity index (χ2v) is 7.00. The fourth-order valence-electron chi connectivity index (χ4n) is 3.55. The molecule has 4 rings (SSSR count).